The molecule has 14 heavy (non-hydrogen) atoms. The lowest BCUT2D eigenvalue weighted by atomic mass is 10.3. The lowest BCUT2D eigenvalue weighted by Crippen LogP contribution is -2.28. The minimum atomic E-state index is -3.23. The van der Waals surface area contributed by atoms with Gasteiger partial charge in [-0.1, -0.05) is 24.8 Å². The van der Waals surface area contributed by atoms with E-state index < -0.39 is 14.6 Å². The van der Waals surface area contributed by atoms with Gasteiger partial charge in [-0.3, -0.25) is 0 Å². The van der Waals surface area contributed by atoms with Gasteiger partial charge in [0, 0.05) is 0 Å². The Balaban J connectivity index is 5.29. The predicted molar refractivity (Wildman–Crippen MR) is 61.8 cm³/mol. The third-order valence-corrected chi connectivity index (χ3v) is 4.40. The maximum atomic E-state index is 11.9. The second kappa shape index (κ2) is 4.60. The second-order valence-corrected chi connectivity index (χ2v) is 6.60. The SMILES string of the molecule is C=C/C=C\C(=C/C)S(=O)(=O)C(C)(C)C. The number of allylic oxidation sites excluding steroid dienone is 4. The van der Waals surface area contributed by atoms with E-state index in [1.165, 1.54) is 0 Å². The molecule has 0 N–H and O–H groups in total. The Morgan fingerprint density at radius 1 is 1.29 bits per heavy atom. The molecule has 0 saturated heterocycles. The fourth-order valence-electron chi connectivity index (χ4n) is 0.857. The lowest BCUT2D eigenvalue weighted by Gasteiger charge is -2.19. The smallest absolute Gasteiger partial charge is 0.182 e. The average Bonchev–Trinajstić information content (AvgIpc) is 2.03. The Morgan fingerprint density at radius 3 is 2.07 bits per heavy atom. The molecular formula is C11H18O2S. The summed E-state index contributed by atoms with van der Waals surface area (Å²) in [6.45, 7) is 10.3. The van der Waals surface area contributed by atoms with Gasteiger partial charge in [-0.05, 0) is 33.8 Å². The highest BCUT2D eigenvalue weighted by Gasteiger charge is 2.30. The van der Waals surface area contributed by atoms with Gasteiger partial charge >= 0.3 is 0 Å². The largest absolute Gasteiger partial charge is 0.223 e. The van der Waals surface area contributed by atoms with Crippen LogP contribution in [0.2, 0.25) is 0 Å². The second-order valence-electron chi connectivity index (χ2n) is 3.90. The Morgan fingerprint density at radius 2 is 1.79 bits per heavy atom. The quantitative estimate of drug-likeness (QED) is 0.677. The first kappa shape index (κ1) is 13.2. The minimum Gasteiger partial charge on any atom is -0.223 e. The van der Waals surface area contributed by atoms with Crippen molar-refractivity contribution in [1.29, 1.82) is 0 Å². The van der Waals surface area contributed by atoms with Crippen molar-refractivity contribution in [3.8, 4) is 0 Å². The van der Waals surface area contributed by atoms with Crippen molar-refractivity contribution in [2.75, 3.05) is 0 Å². The summed E-state index contributed by atoms with van der Waals surface area (Å²) >= 11 is 0. The van der Waals surface area contributed by atoms with Gasteiger partial charge in [0.15, 0.2) is 9.84 Å². The summed E-state index contributed by atoms with van der Waals surface area (Å²) in [4.78, 5) is 0.338. The minimum absolute atomic E-state index is 0.338. The molecule has 0 radical (unpaired) electrons. The summed E-state index contributed by atoms with van der Waals surface area (Å²) in [5.74, 6) is 0. The molecule has 0 saturated carbocycles. The highest BCUT2D eigenvalue weighted by Crippen LogP contribution is 2.24. The van der Waals surface area contributed by atoms with Crippen LogP contribution in [0.5, 0.6) is 0 Å². The van der Waals surface area contributed by atoms with Gasteiger partial charge in [-0.25, -0.2) is 8.42 Å². The molecule has 0 aromatic heterocycles. The molecule has 0 aromatic rings. The maximum Gasteiger partial charge on any atom is 0.182 e. The highest BCUT2D eigenvalue weighted by atomic mass is 32.2. The molecule has 0 atom stereocenters. The van der Waals surface area contributed by atoms with Crippen molar-refractivity contribution in [2.24, 2.45) is 0 Å². The summed E-state index contributed by atoms with van der Waals surface area (Å²) in [5.41, 5.74) is 0. The monoisotopic (exact) mass is 214 g/mol. The molecule has 0 aliphatic rings. The zero-order valence-electron chi connectivity index (χ0n) is 9.24. The topological polar surface area (TPSA) is 34.1 Å². The molecular weight excluding hydrogens is 196 g/mol. The first-order valence-corrected chi connectivity index (χ1v) is 5.95. The third-order valence-electron chi connectivity index (χ3n) is 1.80. The molecule has 0 unspecified atom stereocenters. The fraction of sp³-hybridized carbons (Fsp3) is 0.455. The van der Waals surface area contributed by atoms with E-state index in [1.807, 2.05) is 0 Å². The van der Waals surface area contributed by atoms with Crippen LogP contribution in [0.1, 0.15) is 27.7 Å². The highest BCUT2D eigenvalue weighted by molar-refractivity contribution is 7.96. The van der Waals surface area contributed by atoms with Crippen LogP contribution in [0.3, 0.4) is 0 Å². The fourth-order valence-corrected chi connectivity index (χ4v) is 2.13. The molecule has 2 nitrogen and oxygen atoms in total. The Kier molecular flexibility index (Phi) is 4.33. The van der Waals surface area contributed by atoms with Gasteiger partial charge in [-0.15, -0.1) is 0 Å². The van der Waals surface area contributed by atoms with Gasteiger partial charge in [0.1, 0.15) is 0 Å². The zero-order chi connectivity index (χ0) is 11.4. The van der Waals surface area contributed by atoms with Gasteiger partial charge in [0.05, 0.1) is 9.65 Å². The number of hydrogen-bond donors (Lipinski definition) is 0. The molecule has 0 aliphatic carbocycles. The number of hydrogen-bond acceptors (Lipinski definition) is 2. The van der Waals surface area contributed by atoms with Crippen molar-refractivity contribution in [2.45, 2.75) is 32.4 Å². The van der Waals surface area contributed by atoms with E-state index in [2.05, 4.69) is 6.58 Å². The summed E-state index contributed by atoms with van der Waals surface area (Å²) in [6, 6.07) is 0. The molecule has 3 heteroatoms. The predicted octanol–water partition coefficient (Wildman–Crippen LogP) is 2.85. The van der Waals surface area contributed by atoms with Crippen LogP contribution in [-0.4, -0.2) is 13.2 Å². The van der Waals surface area contributed by atoms with Crippen LogP contribution in [0.4, 0.5) is 0 Å². The lowest BCUT2D eigenvalue weighted by molar-refractivity contribution is 0.568. The van der Waals surface area contributed by atoms with Crippen LogP contribution in [0, 0.1) is 0 Å². The van der Waals surface area contributed by atoms with E-state index in [1.54, 1.807) is 52.0 Å². The van der Waals surface area contributed by atoms with Crippen molar-refractivity contribution >= 4 is 9.84 Å². The molecule has 0 amide bonds. The molecule has 0 spiro atoms. The van der Waals surface area contributed by atoms with E-state index in [0.29, 0.717) is 4.91 Å². The Bertz CT molecular complexity index is 351. The molecule has 0 heterocycles. The van der Waals surface area contributed by atoms with Crippen molar-refractivity contribution in [1.82, 2.24) is 0 Å². The van der Waals surface area contributed by atoms with Crippen molar-refractivity contribution in [3.63, 3.8) is 0 Å². The van der Waals surface area contributed by atoms with Gasteiger partial charge < -0.3 is 0 Å². The van der Waals surface area contributed by atoms with Crippen LogP contribution >= 0.6 is 0 Å². The van der Waals surface area contributed by atoms with E-state index in [4.69, 9.17) is 0 Å². The van der Waals surface area contributed by atoms with E-state index in [-0.39, 0.29) is 0 Å². The average molecular weight is 214 g/mol. The van der Waals surface area contributed by atoms with E-state index in [0.717, 1.165) is 0 Å². The molecule has 0 rings (SSSR count). The Labute approximate surface area is 86.9 Å². The van der Waals surface area contributed by atoms with Crippen molar-refractivity contribution in [3.05, 3.63) is 35.8 Å². The standard InChI is InChI=1S/C11H18O2S/c1-6-8-9-10(7-2)14(12,13)11(3,4)5/h6-9H,1H2,2-5H3/b9-8-,10-7+. The summed E-state index contributed by atoms with van der Waals surface area (Å²) in [7, 11) is -3.23. The Hall–Kier alpha value is -0.830. The van der Waals surface area contributed by atoms with Gasteiger partial charge in [0.2, 0.25) is 0 Å². The summed E-state index contributed by atoms with van der Waals surface area (Å²) in [6.07, 6.45) is 6.34. The molecule has 80 valence electrons. The van der Waals surface area contributed by atoms with Crippen LogP contribution in [0.15, 0.2) is 35.8 Å². The van der Waals surface area contributed by atoms with E-state index >= 15 is 0 Å². The third kappa shape index (κ3) is 2.84. The molecule has 0 bridgehead atoms. The maximum absolute atomic E-state index is 11.9. The van der Waals surface area contributed by atoms with E-state index in [9.17, 15) is 8.42 Å². The first-order valence-electron chi connectivity index (χ1n) is 4.47. The van der Waals surface area contributed by atoms with Crippen molar-refractivity contribution < 1.29 is 8.42 Å². The number of rotatable bonds is 3. The van der Waals surface area contributed by atoms with Crippen LogP contribution in [-0.2, 0) is 9.84 Å². The van der Waals surface area contributed by atoms with Gasteiger partial charge in [0.25, 0.3) is 0 Å². The molecule has 0 aromatic carbocycles. The molecule has 0 fully saturated rings. The zero-order valence-corrected chi connectivity index (χ0v) is 10.1. The van der Waals surface area contributed by atoms with Gasteiger partial charge in [-0.2, -0.15) is 0 Å². The summed E-state index contributed by atoms with van der Waals surface area (Å²) in [5, 5.41) is 0. The van der Waals surface area contributed by atoms with Crippen LogP contribution < -0.4 is 0 Å². The first-order chi connectivity index (χ1) is 6.27. The molecule has 0 aliphatic heterocycles. The number of sulfone groups is 1. The van der Waals surface area contributed by atoms with Crippen LogP contribution in [0.25, 0.3) is 0 Å². The summed E-state index contributed by atoms with van der Waals surface area (Å²) < 4.78 is 23.1. The normalized spacial score (nSPS) is 14.7.